The minimum absolute atomic E-state index is 0.306. The van der Waals surface area contributed by atoms with Gasteiger partial charge in [-0.1, -0.05) is 42.0 Å². The van der Waals surface area contributed by atoms with Gasteiger partial charge in [0.2, 0.25) is 0 Å². The Kier molecular flexibility index (Phi) is 3.12. The molecule has 4 nitrogen and oxygen atoms in total. The molecule has 2 aromatic carbocycles. The molecule has 5 heteroatoms. The molecular formula is C15H16N2O2S. The van der Waals surface area contributed by atoms with Crippen LogP contribution in [0.3, 0.4) is 0 Å². The van der Waals surface area contributed by atoms with Gasteiger partial charge < -0.3 is 0 Å². The van der Waals surface area contributed by atoms with E-state index in [0.717, 1.165) is 16.7 Å². The van der Waals surface area contributed by atoms with E-state index in [1.54, 1.807) is 24.3 Å². The summed E-state index contributed by atoms with van der Waals surface area (Å²) < 4.78 is 25.6. The zero-order valence-electron chi connectivity index (χ0n) is 11.2. The number of nitrogens with zero attached hydrogens (tertiary/aromatic N) is 1. The van der Waals surface area contributed by atoms with E-state index < -0.39 is 15.2 Å². The predicted molar refractivity (Wildman–Crippen MR) is 77.3 cm³/mol. The summed E-state index contributed by atoms with van der Waals surface area (Å²) in [6.45, 7) is 2.38. The lowest BCUT2D eigenvalue weighted by atomic mass is 10.1. The first kappa shape index (κ1) is 13.3. The Bertz CT molecular complexity index is 739. The Morgan fingerprint density at radius 2 is 1.75 bits per heavy atom. The number of hydrogen-bond donors (Lipinski definition) is 1. The van der Waals surface area contributed by atoms with Crippen LogP contribution in [0.4, 0.5) is 0 Å². The standard InChI is InChI=1S/C15H16N2O2S/c1-11-6-8-13(9-7-11)20(18,19)15-14-5-3-2-4-12(14)10-17(15)16/h2-9,15H,10,16H2,1H3. The van der Waals surface area contributed by atoms with Gasteiger partial charge in [0.05, 0.1) is 4.90 Å². The number of benzene rings is 2. The Balaban J connectivity index is 2.10. The highest BCUT2D eigenvalue weighted by Crippen LogP contribution is 2.38. The Morgan fingerprint density at radius 1 is 1.10 bits per heavy atom. The molecule has 104 valence electrons. The van der Waals surface area contributed by atoms with Crippen LogP contribution in [0.15, 0.2) is 53.4 Å². The maximum Gasteiger partial charge on any atom is 0.199 e. The molecule has 0 saturated carbocycles. The van der Waals surface area contributed by atoms with Gasteiger partial charge in [0.15, 0.2) is 15.2 Å². The Morgan fingerprint density at radius 3 is 2.45 bits per heavy atom. The summed E-state index contributed by atoms with van der Waals surface area (Å²) in [6.07, 6.45) is 0. The molecule has 2 N–H and O–H groups in total. The Hall–Kier alpha value is -1.69. The summed E-state index contributed by atoms with van der Waals surface area (Å²) in [4.78, 5) is 0.306. The molecule has 0 saturated heterocycles. The van der Waals surface area contributed by atoms with E-state index in [9.17, 15) is 8.42 Å². The van der Waals surface area contributed by atoms with Gasteiger partial charge in [-0.2, -0.15) is 0 Å². The van der Waals surface area contributed by atoms with Crippen molar-refractivity contribution in [1.29, 1.82) is 0 Å². The topological polar surface area (TPSA) is 63.4 Å². The summed E-state index contributed by atoms with van der Waals surface area (Å²) in [7, 11) is -3.52. The van der Waals surface area contributed by atoms with Gasteiger partial charge in [-0.05, 0) is 30.2 Å². The smallest absolute Gasteiger partial charge is 0.199 e. The number of rotatable bonds is 2. The van der Waals surface area contributed by atoms with Crippen LogP contribution in [-0.2, 0) is 16.4 Å². The van der Waals surface area contributed by atoms with Crippen molar-refractivity contribution in [3.63, 3.8) is 0 Å². The fraction of sp³-hybridized carbons (Fsp3) is 0.200. The first-order chi connectivity index (χ1) is 9.50. The van der Waals surface area contributed by atoms with Crippen molar-refractivity contribution >= 4 is 9.84 Å². The largest absolute Gasteiger partial charge is 0.267 e. The quantitative estimate of drug-likeness (QED) is 0.860. The van der Waals surface area contributed by atoms with Crippen LogP contribution < -0.4 is 5.84 Å². The van der Waals surface area contributed by atoms with Gasteiger partial charge in [0.1, 0.15) is 0 Å². The number of aryl methyl sites for hydroxylation is 1. The molecule has 0 fully saturated rings. The lowest BCUT2D eigenvalue weighted by Gasteiger charge is -2.20. The predicted octanol–water partition coefficient (Wildman–Crippen LogP) is 2.16. The maximum atomic E-state index is 12.8. The average Bonchev–Trinajstić information content (AvgIpc) is 2.75. The number of hydrogen-bond acceptors (Lipinski definition) is 4. The molecule has 1 unspecified atom stereocenters. The molecule has 1 aliphatic rings. The van der Waals surface area contributed by atoms with Crippen LogP contribution in [0.1, 0.15) is 22.1 Å². The summed E-state index contributed by atoms with van der Waals surface area (Å²) in [5.41, 5.74) is 2.77. The lowest BCUT2D eigenvalue weighted by molar-refractivity contribution is 0.276. The fourth-order valence-corrected chi connectivity index (χ4v) is 4.35. The molecule has 0 bridgehead atoms. The van der Waals surface area contributed by atoms with Gasteiger partial charge in [-0.25, -0.2) is 13.4 Å². The van der Waals surface area contributed by atoms with E-state index in [1.807, 2.05) is 31.2 Å². The molecule has 3 rings (SSSR count). The highest BCUT2D eigenvalue weighted by atomic mass is 32.2. The molecule has 1 heterocycles. The third-order valence-electron chi connectivity index (χ3n) is 3.62. The summed E-state index contributed by atoms with van der Waals surface area (Å²) in [6, 6.07) is 14.4. The number of nitrogens with two attached hydrogens (primary N) is 1. The Labute approximate surface area is 118 Å². The number of hydrazine groups is 1. The third kappa shape index (κ3) is 2.04. The van der Waals surface area contributed by atoms with Crippen molar-refractivity contribution in [2.75, 3.05) is 0 Å². The van der Waals surface area contributed by atoms with E-state index >= 15 is 0 Å². The molecule has 0 amide bonds. The minimum Gasteiger partial charge on any atom is -0.267 e. The van der Waals surface area contributed by atoms with E-state index in [4.69, 9.17) is 5.84 Å². The van der Waals surface area contributed by atoms with Crippen LogP contribution in [0.25, 0.3) is 0 Å². The molecule has 2 aromatic rings. The SMILES string of the molecule is Cc1ccc(S(=O)(=O)C2c3ccccc3CN2N)cc1. The highest BCUT2D eigenvalue weighted by Gasteiger charge is 2.38. The second kappa shape index (κ2) is 4.70. The van der Waals surface area contributed by atoms with Crippen LogP contribution in [0, 0.1) is 6.92 Å². The zero-order valence-corrected chi connectivity index (χ0v) is 12.0. The highest BCUT2D eigenvalue weighted by molar-refractivity contribution is 7.91. The van der Waals surface area contributed by atoms with Gasteiger partial charge in [0, 0.05) is 6.54 Å². The molecule has 1 atom stereocenters. The van der Waals surface area contributed by atoms with Gasteiger partial charge >= 0.3 is 0 Å². The van der Waals surface area contributed by atoms with Crippen LogP contribution in [0.2, 0.25) is 0 Å². The van der Waals surface area contributed by atoms with E-state index in [2.05, 4.69) is 0 Å². The summed E-state index contributed by atoms with van der Waals surface area (Å²) >= 11 is 0. The molecular weight excluding hydrogens is 272 g/mol. The van der Waals surface area contributed by atoms with Crippen molar-refractivity contribution in [2.45, 2.75) is 23.7 Å². The second-order valence-electron chi connectivity index (χ2n) is 5.08. The third-order valence-corrected chi connectivity index (χ3v) is 5.66. The molecule has 0 spiro atoms. The van der Waals surface area contributed by atoms with Gasteiger partial charge in [-0.15, -0.1) is 0 Å². The zero-order chi connectivity index (χ0) is 14.3. The lowest BCUT2D eigenvalue weighted by Crippen LogP contribution is -2.34. The van der Waals surface area contributed by atoms with Crippen LogP contribution in [0.5, 0.6) is 0 Å². The molecule has 0 aliphatic carbocycles. The van der Waals surface area contributed by atoms with Crippen molar-refractivity contribution in [3.8, 4) is 0 Å². The molecule has 20 heavy (non-hydrogen) atoms. The fourth-order valence-electron chi connectivity index (χ4n) is 2.58. The number of fused-ring (bicyclic) bond motifs is 1. The van der Waals surface area contributed by atoms with Crippen molar-refractivity contribution in [3.05, 3.63) is 65.2 Å². The molecule has 1 aliphatic heterocycles. The van der Waals surface area contributed by atoms with E-state index in [1.165, 1.54) is 5.01 Å². The van der Waals surface area contributed by atoms with Gasteiger partial charge in [-0.3, -0.25) is 5.84 Å². The minimum atomic E-state index is -3.52. The molecule has 0 aromatic heterocycles. The summed E-state index contributed by atoms with van der Waals surface area (Å²) in [5.74, 6) is 5.94. The van der Waals surface area contributed by atoms with Crippen LogP contribution in [-0.4, -0.2) is 13.4 Å². The van der Waals surface area contributed by atoms with E-state index in [-0.39, 0.29) is 0 Å². The monoisotopic (exact) mass is 288 g/mol. The van der Waals surface area contributed by atoms with Crippen LogP contribution >= 0.6 is 0 Å². The molecule has 0 radical (unpaired) electrons. The normalized spacial score (nSPS) is 19.0. The van der Waals surface area contributed by atoms with Crippen molar-refractivity contribution in [2.24, 2.45) is 5.84 Å². The van der Waals surface area contributed by atoms with Crippen molar-refractivity contribution in [1.82, 2.24) is 5.01 Å². The maximum absolute atomic E-state index is 12.8. The van der Waals surface area contributed by atoms with Crippen molar-refractivity contribution < 1.29 is 8.42 Å². The average molecular weight is 288 g/mol. The first-order valence-electron chi connectivity index (χ1n) is 6.40. The number of sulfone groups is 1. The van der Waals surface area contributed by atoms with Gasteiger partial charge in [0.25, 0.3) is 0 Å². The first-order valence-corrected chi connectivity index (χ1v) is 7.94. The summed E-state index contributed by atoms with van der Waals surface area (Å²) in [5, 5.41) is 0.584. The van der Waals surface area contributed by atoms with E-state index in [0.29, 0.717) is 11.4 Å². The second-order valence-corrected chi connectivity index (χ2v) is 7.09.